The molecule has 0 bridgehead atoms. The van der Waals surface area contributed by atoms with Gasteiger partial charge in [-0.15, -0.1) is 0 Å². The summed E-state index contributed by atoms with van der Waals surface area (Å²) >= 11 is 0. The lowest BCUT2D eigenvalue weighted by Crippen LogP contribution is -2.35. The van der Waals surface area contributed by atoms with Crippen LogP contribution in [0.1, 0.15) is 0 Å². The monoisotopic (exact) mass is 557 g/mol. The Bertz CT molecular complexity index is 2330. The van der Waals surface area contributed by atoms with Crippen molar-refractivity contribution < 1.29 is 4.57 Å². The highest BCUT2D eigenvalue weighted by molar-refractivity contribution is 7.86. The molecular formula is C37H24N3OP. The second-order valence-corrected chi connectivity index (χ2v) is 13.4. The largest absolute Gasteiger partial charge is 0.308 e. The van der Waals surface area contributed by atoms with Crippen molar-refractivity contribution in [1.82, 2.24) is 14.1 Å². The summed E-state index contributed by atoms with van der Waals surface area (Å²) in [4.78, 5) is 5.14. The number of imidazole rings is 1. The lowest BCUT2D eigenvalue weighted by molar-refractivity contribution is 0.592. The van der Waals surface area contributed by atoms with Gasteiger partial charge in [0.05, 0.1) is 38.7 Å². The van der Waals surface area contributed by atoms with E-state index in [1.165, 1.54) is 10.8 Å². The molecule has 42 heavy (non-hydrogen) atoms. The highest BCUT2D eigenvalue weighted by Gasteiger charge is 2.42. The van der Waals surface area contributed by atoms with Gasteiger partial charge in [0.2, 0.25) is 0 Å². The lowest BCUT2D eigenvalue weighted by Gasteiger charge is -2.31. The van der Waals surface area contributed by atoms with Gasteiger partial charge in [0, 0.05) is 26.9 Å². The molecule has 3 heterocycles. The van der Waals surface area contributed by atoms with Gasteiger partial charge in [0.25, 0.3) is 0 Å². The van der Waals surface area contributed by atoms with E-state index in [9.17, 15) is 0 Å². The molecule has 8 aromatic rings. The summed E-state index contributed by atoms with van der Waals surface area (Å²) in [6, 6.07) is 49.6. The standard InChI is InChI=1S/C37H24N3OP/c41-42(26-15-5-2-6-16-26)34-24-11-19-29-35(34)40(37(38-29)25-13-3-1-4-14-25)33-23-12-22-32(36(33)42)39-30-20-9-7-17-27(30)28-18-8-10-21-31(28)39/h1-24H. The van der Waals surface area contributed by atoms with E-state index in [1.807, 2.05) is 66.7 Å². The van der Waals surface area contributed by atoms with Crippen molar-refractivity contribution >= 4 is 55.9 Å². The fraction of sp³-hybridized carbons (Fsp3) is 0. The predicted molar refractivity (Wildman–Crippen MR) is 174 cm³/mol. The van der Waals surface area contributed by atoms with Crippen molar-refractivity contribution in [1.29, 1.82) is 0 Å². The zero-order valence-electron chi connectivity index (χ0n) is 22.6. The summed E-state index contributed by atoms with van der Waals surface area (Å²) in [5, 5.41) is 4.82. The maximum atomic E-state index is 16.1. The zero-order chi connectivity index (χ0) is 27.8. The van der Waals surface area contributed by atoms with Gasteiger partial charge < -0.3 is 9.13 Å². The first-order chi connectivity index (χ1) is 20.7. The van der Waals surface area contributed by atoms with Crippen LogP contribution in [-0.2, 0) is 4.57 Å². The average Bonchev–Trinajstić information content (AvgIpc) is 3.61. The number of fused-ring (bicyclic) bond motifs is 5. The molecule has 0 saturated heterocycles. The Morgan fingerprint density at radius 3 is 1.79 bits per heavy atom. The molecule has 9 rings (SSSR count). The topological polar surface area (TPSA) is 39.8 Å². The van der Waals surface area contributed by atoms with Crippen LogP contribution in [0.3, 0.4) is 0 Å². The number of nitrogens with zero attached hydrogens (tertiary/aromatic N) is 3. The minimum atomic E-state index is -3.36. The third-order valence-electron chi connectivity index (χ3n) is 8.52. The molecule has 1 unspecified atom stereocenters. The summed E-state index contributed by atoms with van der Waals surface area (Å²) in [5.41, 5.74) is 6.78. The van der Waals surface area contributed by atoms with Crippen molar-refractivity contribution in [3.05, 3.63) is 146 Å². The van der Waals surface area contributed by atoms with Gasteiger partial charge in [-0.3, -0.25) is 4.57 Å². The molecule has 0 saturated carbocycles. The minimum absolute atomic E-state index is 0.820. The van der Waals surface area contributed by atoms with Crippen molar-refractivity contribution in [3.8, 4) is 22.8 Å². The number of hydrogen-bond acceptors (Lipinski definition) is 2. The van der Waals surface area contributed by atoms with Gasteiger partial charge in [0.15, 0.2) is 7.14 Å². The normalized spacial score (nSPS) is 15.8. The highest BCUT2D eigenvalue weighted by atomic mass is 31.2. The first kappa shape index (κ1) is 23.5. The summed E-state index contributed by atoms with van der Waals surface area (Å²) in [7, 11) is -3.36. The number of rotatable bonds is 3. The molecule has 0 fully saturated rings. The molecule has 0 aliphatic carbocycles. The quantitative estimate of drug-likeness (QED) is 0.209. The molecule has 0 radical (unpaired) electrons. The molecule has 0 spiro atoms. The van der Waals surface area contributed by atoms with E-state index in [-0.39, 0.29) is 0 Å². The summed E-state index contributed by atoms with van der Waals surface area (Å²) in [6.07, 6.45) is 0. The second-order valence-electron chi connectivity index (χ2n) is 10.7. The van der Waals surface area contributed by atoms with Crippen molar-refractivity contribution in [2.45, 2.75) is 0 Å². The van der Waals surface area contributed by atoms with Crippen LogP contribution in [0, 0.1) is 0 Å². The molecule has 0 N–H and O–H groups in total. The van der Waals surface area contributed by atoms with Crippen LogP contribution < -0.4 is 15.9 Å². The maximum Gasteiger partial charge on any atom is 0.177 e. The first-order valence-electron chi connectivity index (χ1n) is 14.1. The molecule has 0 amide bonds. The van der Waals surface area contributed by atoms with E-state index in [1.54, 1.807) is 0 Å². The molecule has 1 aliphatic rings. The van der Waals surface area contributed by atoms with Crippen LogP contribution in [0.25, 0.3) is 55.6 Å². The fourth-order valence-corrected chi connectivity index (χ4v) is 9.96. The van der Waals surface area contributed by atoms with Crippen LogP contribution in [0.2, 0.25) is 0 Å². The molecule has 198 valence electrons. The van der Waals surface area contributed by atoms with Crippen LogP contribution in [0.4, 0.5) is 0 Å². The van der Waals surface area contributed by atoms with E-state index in [0.29, 0.717) is 0 Å². The molecular weight excluding hydrogens is 533 g/mol. The summed E-state index contributed by atoms with van der Waals surface area (Å²) < 4.78 is 20.7. The van der Waals surface area contributed by atoms with Gasteiger partial charge in [-0.1, -0.05) is 109 Å². The van der Waals surface area contributed by atoms with Crippen LogP contribution in [0.5, 0.6) is 0 Å². The molecule has 1 atom stereocenters. The van der Waals surface area contributed by atoms with E-state index >= 15 is 4.57 Å². The smallest absolute Gasteiger partial charge is 0.177 e. The average molecular weight is 558 g/mol. The minimum Gasteiger partial charge on any atom is -0.308 e. The van der Waals surface area contributed by atoms with Gasteiger partial charge in [-0.2, -0.15) is 0 Å². The molecule has 4 nitrogen and oxygen atoms in total. The zero-order valence-corrected chi connectivity index (χ0v) is 23.4. The Labute approximate surface area is 242 Å². The van der Waals surface area contributed by atoms with Crippen LogP contribution in [-0.4, -0.2) is 14.1 Å². The molecule has 1 aliphatic heterocycles. The SMILES string of the molecule is O=P1(c2ccccc2)c2c(cccc2-n2c3ccccc3c3ccccc32)-n2c(-c3ccccc3)nc3cccc1c32. The van der Waals surface area contributed by atoms with E-state index in [4.69, 9.17) is 4.98 Å². The van der Waals surface area contributed by atoms with E-state index in [0.717, 1.165) is 60.7 Å². The second kappa shape index (κ2) is 8.66. The van der Waals surface area contributed by atoms with E-state index in [2.05, 4.69) is 88.0 Å². The van der Waals surface area contributed by atoms with Crippen molar-refractivity contribution in [2.75, 3.05) is 0 Å². The number of benzene rings is 6. The molecule has 6 aromatic carbocycles. The first-order valence-corrected chi connectivity index (χ1v) is 15.8. The fourth-order valence-electron chi connectivity index (χ4n) is 6.79. The number of aromatic nitrogens is 3. The van der Waals surface area contributed by atoms with Crippen LogP contribution >= 0.6 is 7.14 Å². The summed E-state index contributed by atoms with van der Waals surface area (Å²) in [6.45, 7) is 0. The van der Waals surface area contributed by atoms with Gasteiger partial charge >= 0.3 is 0 Å². The van der Waals surface area contributed by atoms with Gasteiger partial charge in [-0.05, 0) is 36.4 Å². The third kappa shape index (κ3) is 3.02. The lowest BCUT2D eigenvalue weighted by atomic mass is 10.2. The Morgan fingerprint density at radius 1 is 0.524 bits per heavy atom. The highest BCUT2D eigenvalue weighted by Crippen LogP contribution is 2.52. The predicted octanol–water partition coefficient (Wildman–Crippen LogP) is 7.74. The van der Waals surface area contributed by atoms with Crippen LogP contribution in [0.15, 0.2) is 146 Å². The summed E-state index contributed by atoms with van der Waals surface area (Å²) in [5.74, 6) is 0.845. The molecule has 2 aromatic heterocycles. The third-order valence-corrected chi connectivity index (χ3v) is 11.7. The Balaban J connectivity index is 1.50. The van der Waals surface area contributed by atoms with Gasteiger partial charge in [0.1, 0.15) is 5.82 Å². The van der Waals surface area contributed by atoms with E-state index < -0.39 is 7.14 Å². The van der Waals surface area contributed by atoms with Crippen molar-refractivity contribution in [3.63, 3.8) is 0 Å². The number of para-hydroxylation sites is 3. The van der Waals surface area contributed by atoms with Gasteiger partial charge in [-0.25, -0.2) is 4.98 Å². The Morgan fingerprint density at radius 2 is 1.10 bits per heavy atom. The Kier molecular flexibility index (Phi) is 4.85. The molecule has 5 heteroatoms. The van der Waals surface area contributed by atoms with Crippen molar-refractivity contribution in [2.24, 2.45) is 0 Å². The Hall–Kier alpha value is -5.18. The number of hydrogen-bond donors (Lipinski definition) is 0. The maximum absolute atomic E-state index is 16.1.